The van der Waals surface area contributed by atoms with Crippen LogP contribution in [0.4, 0.5) is 0 Å². The molecule has 0 radical (unpaired) electrons. The second-order valence-electron chi connectivity index (χ2n) is 32.6. The van der Waals surface area contributed by atoms with E-state index in [1.807, 2.05) is 148 Å². The molecule has 12 aromatic heterocycles. The van der Waals surface area contributed by atoms with E-state index in [1.165, 1.54) is 27.3 Å². The molecule has 0 N–H and O–H groups in total. The van der Waals surface area contributed by atoms with E-state index in [0.717, 1.165) is 191 Å². The van der Waals surface area contributed by atoms with Crippen molar-refractivity contribution in [1.29, 1.82) is 0 Å². The van der Waals surface area contributed by atoms with E-state index in [1.54, 1.807) is 31.0 Å². The van der Waals surface area contributed by atoms with Crippen LogP contribution in [0.25, 0.3) is 176 Å². The third-order valence-corrected chi connectivity index (χ3v) is 23.7. The number of nitrogens with zero attached hydrogens (tertiary/aromatic N) is 8. The summed E-state index contributed by atoms with van der Waals surface area (Å²) in [6.45, 7) is 18.8. The van der Waals surface area contributed by atoms with Gasteiger partial charge in [-0.25, -0.2) is 38.2 Å². The summed E-state index contributed by atoms with van der Waals surface area (Å²) in [5, 5.41) is 17.7. The van der Waals surface area contributed by atoms with Crippen LogP contribution in [0.2, 0.25) is 0 Å². The molecule has 21 rings (SSSR count). The van der Waals surface area contributed by atoms with Crippen LogP contribution in [0.15, 0.2) is 255 Å². The molecule has 0 aliphatic heterocycles. The lowest BCUT2D eigenvalue weighted by atomic mass is 9.87. The molecule has 12 nitrogen and oxygen atoms in total. The van der Waals surface area contributed by atoms with E-state index in [2.05, 4.69) is 194 Å². The van der Waals surface area contributed by atoms with Crippen LogP contribution in [-0.4, -0.2) is 19.9 Å². The monoisotopic (exact) mass is 1530 g/mol. The summed E-state index contributed by atoms with van der Waals surface area (Å²) in [6.07, 6.45) is 16.3. The van der Waals surface area contributed by atoms with Crippen molar-refractivity contribution in [1.82, 2.24) is 19.9 Å². The molecule has 0 unspecified atom stereocenters. The van der Waals surface area contributed by atoms with Crippen molar-refractivity contribution in [3.63, 3.8) is 0 Å². The van der Waals surface area contributed by atoms with Crippen LogP contribution in [0.3, 0.4) is 0 Å². The predicted molar refractivity (Wildman–Crippen MR) is 474 cm³/mol. The first-order valence-electron chi connectivity index (χ1n) is 43.7. The molecule has 12 heterocycles. The summed E-state index contributed by atoms with van der Waals surface area (Å²) in [5.74, 6) is -0.0626. The minimum Gasteiger partial charge on any atom is -0.437 e. The maximum Gasteiger partial charge on any atom is 0.227 e. The average Bonchev–Trinajstić information content (AvgIpc) is 1.70. The molecule has 0 atom stereocenters. The van der Waals surface area contributed by atoms with Crippen LogP contribution < -0.4 is 18.3 Å². The Morgan fingerprint density at radius 3 is 1.09 bits per heavy atom. The SMILES string of the molecule is Cc1c(-c2ccc(C(C)(C)C)c[n+]2C)c2oc3ncccc3c2c2ccccc12.[2H]C([2H])([2H])c1c[n+](C)c(-c2c(C)c3ccccc3c3c2oc2ncccc23)cc1C.[2H]C([2H])(c1cc[n+](C)c(-c2c(C)c3ccccc3c3c2oc2ncccc23)c1)C(C)C.[2H]C([2H])(c1cc[n+](C)c(-c2c(C)c3ccccc3c3c2oc2ncccc23)c1)C1CCCC1. The van der Waals surface area contributed by atoms with Crippen molar-refractivity contribution >= 4 is 131 Å². The van der Waals surface area contributed by atoms with Gasteiger partial charge in [0.05, 0.1) is 22.3 Å². The second kappa shape index (κ2) is 29.9. The van der Waals surface area contributed by atoms with Gasteiger partial charge in [0, 0.05) is 125 Å². The lowest BCUT2D eigenvalue weighted by molar-refractivity contribution is -0.661. The van der Waals surface area contributed by atoms with Crippen molar-refractivity contribution in [2.75, 3.05) is 0 Å². The number of hydrogen-bond donors (Lipinski definition) is 0. The first kappa shape index (κ1) is 66.6. The number of fused-ring (bicyclic) bond motifs is 20. The van der Waals surface area contributed by atoms with Gasteiger partial charge in [0.1, 0.15) is 28.2 Å². The van der Waals surface area contributed by atoms with Crippen LogP contribution in [0.5, 0.6) is 0 Å². The third kappa shape index (κ3) is 13.0. The first-order valence-corrected chi connectivity index (χ1v) is 40.2. The minimum atomic E-state index is -2.16. The van der Waals surface area contributed by atoms with Gasteiger partial charge in [0.25, 0.3) is 0 Å². The van der Waals surface area contributed by atoms with E-state index < -0.39 is 19.6 Å². The predicted octanol–water partition coefficient (Wildman–Crippen LogP) is 24.6. The molecule has 8 aromatic carbocycles. The van der Waals surface area contributed by atoms with E-state index >= 15 is 0 Å². The topological polar surface area (TPSA) is 120 Å². The third-order valence-electron chi connectivity index (χ3n) is 23.7. The summed E-state index contributed by atoms with van der Waals surface area (Å²) in [7, 11) is 8.01. The Hall–Kier alpha value is -12.8. The van der Waals surface area contributed by atoms with E-state index in [0.29, 0.717) is 34.0 Å². The van der Waals surface area contributed by atoms with Crippen LogP contribution in [-0.2, 0) is 46.4 Å². The van der Waals surface area contributed by atoms with Gasteiger partial charge < -0.3 is 17.7 Å². The van der Waals surface area contributed by atoms with Gasteiger partial charge in [-0.2, -0.15) is 0 Å². The molecular formula is C104H98N8O4+4. The summed E-state index contributed by atoms with van der Waals surface area (Å²) < 4.78 is 92.2. The molecule has 12 heteroatoms. The molecule has 1 aliphatic carbocycles. The lowest BCUT2D eigenvalue weighted by Gasteiger charge is -2.18. The molecule has 1 fully saturated rings. The zero-order valence-corrected chi connectivity index (χ0v) is 68.2. The molecule has 0 spiro atoms. The fourth-order valence-corrected chi connectivity index (χ4v) is 17.8. The average molecular weight is 1530 g/mol. The van der Waals surface area contributed by atoms with Crippen molar-refractivity contribution in [3.8, 4) is 45.0 Å². The zero-order valence-electron chi connectivity index (χ0n) is 75.2. The number of aromatic nitrogens is 8. The molecule has 116 heavy (non-hydrogen) atoms. The van der Waals surface area contributed by atoms with E-state index in [4.69, 9.17) is 27.3 Å². The van der Waals surface area contributed by atoms with Gasteiger partial charge in [-0.05, 0) is 208 Å². The molecule has 1 aliphatic rings. The number of aryl methyl sites for hydroxylation is 10. The van der Waals surface area contributed by atoms with Crippen molar-refractivity contribution in [2.45, 2.75) is 120 Å². The molecule has 0 saturated heterocycles. The van der Waals surface area contributed by atoms with E-state index in [-0.39, 0.29) is 17.3 Å². The van der Waals surface area contributed by atoms with Gasteiger partial charge in [0.15, 0.2) is 47.1 Å². The summed E-state index contributed by atoms with van der Waals surface area (Å²) in [5.41, 5.74) is 22.3. The normalized spacial score (nSPS) is 14.0. The maximum atomic E-state index is 8.95. The number of rotatable bonds is 8. The van der Waals surface area contributed by atoms with Gasteiger partial charge in [-0.1, -0.05) is 157 Å². The Bertz CT molecular complexity index is 7670. The fourth-order valence-electron chi connectivity index (χ4n) is 17.8. The number of hydrogen-bond acceptors (Lipinski definition) is 8. The summed E-state index contributed by atoms with van der Waals surface area (Å²) in [4.78, 5) is 17.9. The highest BCUT2D eigenvalue weighted by Crippen LogP contribution is 2.48. The Morgan fingerprint density at radius 2 is 0.724 bits per heavy atom. The van der Waals surface area contributed by atoms with Gasteiger partial charge in [-0.15, -0.1) is 0 Å². The summed E-state index contributed by atoms with van der Waals surface area (Å²) >= 11 is 0. The maximum absolute atomic E-state index is 8.95. The Kier molecular flexibility index (Phi) is 17.2. The van der Waals surface area contributed by atoms with Crippen LogP contribution >= 0.6 is 0 Å². The van der Waals surface area contributed by atoms with Gasteiger partial charge in [-0.3, -0.25) is 0 Å². The first-order chi connectivity index (χ1) is 58.9. The largest absolute Gasteiger partial charge is 0.437 e. The molecular weight excluding hydrogens is 1430 g/mol. The molecule has 1 saturated carbocycles. The van der Waals surface area contributed by atoms with Crippen molar-refractivity contribution in [2.24, 2.45) is 40.0 Å². The van der Waals surface area contributed by atoms with Crippen molar-refractivity contribution < 1.29 is 45.5 Å². The molecule has 20 aromatic rings. The minimum absolute atomic E-state index is 0.0752. The highest BCUT2D eigenvalue weighted by molar-refractivity contribution is 6.26. The molecule has 574 valence electrons. The van der Waals surface area contributed by atoms with Crippen LogP contribution in [0, 0.1) is 53.3 Å². The Morgan fingerprint density at radius 1 is 0.388 bits per heavy atom. The van der Waals surface area contributed by atoms with E-state index in [9.17, 15) is 0 Å². The van der Waals surface area contributed by atoms with Gasteiger partial charge in [0.2, 0.25) is 45.6 Å². The lowest BCUT2D eigenvalue weighted by Crippen LogP contribution is -2.33. The van der Waals surface area contributed by atoms with Gasteiger partial charge >= 0.3 is 0 Å². The standard InChI is InChI=1S/C28H27N2O.2C26H25N2O.C24H21N2O/c1-18-21-10-5-6-11-22(21)26-23-12-7-14-29-28(23)31-27(26)25(18)24-17-20(13-15-30(24)2)16-19-8-3-4-9-19;1-16-18-9-6-7-10-19(18)23-20-11-8-14-27-25(20)29-24(23)22(16)21-13-12-17(15-28(21)5)26(2,3)4;1-16(2)14-18-11-13-28(4)22(15-18)23-17(3)19-8-5-6-9-20(19)24-21-10-7-12-27-26(21)29-25(23)24;1-14-12-20(26(4)13-15(14)2)21-16(3)17-8-5-6-9-18(17)22-19-10-7-11-25-24(19)27-23(21)22/h5-7,10-15,17,19H,3-4,8-9,16H2,1-2H3;6-15H,1-5H3;5-13,15-16H,14H2,1-4H3;5-13H,1-4H3/q4*+1/i16D2;;14D2;2D3. The quantitative estimate of drug-likeness (QED) is 0.138. The smallest absolute Gasteiger partial charge is 0.227 e. The highest BCUT2D eigenvalue weighted by Gasteiger charge is 2.31. The number of benzene rings is 8. The zero-order chi connectivity index (χ0) is 86.2. The molecule has 0 bridgehead atoms. The van der Waals surface area contributed by atoms with Crippen LogP contribution in [0.1, 0.15) is 120 Å². The molecule has 0 amide bonds. The number of furan rings is 4. The van der Waals surface area contributed by atoms with Crippen molar-refractivity contribution in [3.05, 3.63) is 288 Å². The second-order valence-corrected chi connectivity index (χ2v) is 32.6. The Balaban J connectivity index is 0.000000112. The highest BCUT2D eigenvalue weighted by atomic mass is 16.4. The summed E-state index contributed by atoms with van der Waals surface area (Å²) in [6, 6.07) is 63.9. The number of pyridine rings is 8. The fraction of sp³-hybridized carbons (Fsp3) is 0.231. The Labute approximate surface area is 685 Å².